The van der Waals surface area contributed by atoms with E-state index in [9.17, 15) is 4.79 Å². The summed E-state index contributed by atoms with van der Waals surface area (Å²) in [4.78, 5) is 14.9. The lowest BCUT2D eigenvalue weighted by Gasteiger charge is -2.23. The van der Waals surface area contributed by atoms with E-state index in [1.807, 2.05) is 45.3 Å². The van der Waals surface area contributed by atoms with Gasteiger partial charge in [0.25, 0.3) is 5.91 Å². The van der Waals surface area contributed by atoms with Crippen LogP contribution in [0.2, 0.25) is 0 Å². The van der Waals surface area contributed by atoms with E-state index in [1.165, 1.54) is 0 Å². The van der Waals surface area contributed by atoms with Crippen LogP contribution in [0.25, 0.3) is 10.1 Å². The van der Waals surface area contributed by atoms with Gasteiger partial charge in [-0.25, -0.2) is 0 Å². The molecule has 3 heterocycles. The molecular formula is C17H17N3O2S. The van der Waals surface area contributed by atoms with Gasteiger partial charge in [0.2, 0.25) is 0 Å². The summed E-state index contributed by atoms with van der Waals surface area (Å²) in [6.07, 6.45) is 1.72. The summed E-state index contributed by atoms with van der Waals surface area (Å²) in [5, 5.41) is 7.30. The van der Waals surface area contributed by atoms with E-state index in [1.54, 1.807) is 24.6 Å². The largest absolute Gasteiger partial charge is 0.378 e. The SMILES string of the molecule is CO[C@@H]1CN(C(=O)c2csc3ccccc23)Cc2ccnn2C1. The number of nitrogens with zero attached hydrogens (tertiary/aromatic N) is 3. The summed E-state index contributed by atoms with van der Waals surface area (Å²) in [7, 11) is 1.68. The zero-order valence-electron chi connectivity index (χ0n) is 12.8. The van der Waals surface area contributed by atoms with Crippen molar-refractivity contribution in [2.24, 2.45) is 0 Å². The molecule has 0 N–H and O–H groups in total. The normalized spacial score (nSPS) is 18.0. The molecule has 0 unspecified atom stereocenters. The third-order valence-electron chi connectivity index (χ3n) is 4.29. The lowest BCUT2D eigenvalue weighted by molar-refractivity contribution is 0.0451. The van der Waals surface area contributed by atoms with E-state index >= 15 is 0 Å². The number of aromatic nitrogens is 2. The zero-order valence-corrected chi connectivity index (χ0v) is 13.6. The van der Waals surface area contributed by atoms with Crippen LogP contribution in [0.4, 0.5) is 0 Å². The molecule has 6 heteroatoms. The summed E-state index contributed by atoms with van der Waals surface area (Å²) in [5.41, 5.74) is 1.81. The number of benzene rings is 1. The first-order valence-electron chi connectivity index (χ1n) is 7.55. The number of thiophene rings is 1. The van der Waals surface area contributed by atoms with E-state index in [-0.39, 0.29) is 12.0 Å². The van der Waals surface area contributed by atoms with Gasteiger partial charge in [-0.05, 0) is 12.1 Å². The molecule has 1 atom stereocenters. The summed E-state index contributed by atoms with van der Waals surface area (Å²) in [6.45, 7) is 1.80. The molecule has 0 bridgehead atoms. The van der Waals surface area contributed by atoms with Crippen molar-refractivity contribution in [3.8, 4) is 0 Å². The van der Waals surface area contributed by atoms with Crippen LogP contribution < -0.4 is 0 Å². The lowest BCUT2D eigenvalue weighted by Crippen LogP contribution is -2.36. The molecule has 2 aromatic heterocycles. The number of carbonyl (C=O) groups is 1. The quantitative estimate of drug-likeness (QED) is 0.727. The number of methoxy groups -OCH3 is 1. The maximum Gasteiger partial charge on any atom is 0.255 e. The van der Waals surface area contributed by atoms with Crippen LogP contribution in [0.15, 0.2) is 41.9 Å². The first-order valence-corrected chi connectivity index (χ1v) is 8.43. The highest BCUT2D eigenvalue weighted by atomic mass is 32.1. The molecule has 0 aliphatic carbocycles. The van der Waals surface area contributed by atoms with Crippen LogP contribution >= 0.6 is 11.3 Å². The third kappa shape index (κ3) is 2.54. The van der Waals surface area contributed by atoms with Gasteiger partial charge in [0.05, 0.1) is 30.5 Å². The van der Waals surface area contributed by atoms with E-state index in [2.05, 4.69) is 5.10 Å². The van der Waals surface area contributed by atoms with Crippen LogP contribution in [0.5, 0.6) is 0 Å². The number of hydrogen-bond acceptors (Lipinski definition) is 4. The molecular weight excluding hydrogens is 310 g/mol. The summed E-state index contributed by atoms with van der Waals surface area (Å²) in [6, 6.07) is 9.99. The molecule has 1 aromatic carbocycles. The highest BCUT2D eigenvalue weighted by molar-refractivity contribution is 7.17. The van der Waals surface area contributed by atoms with E-state index in [0.29, 0.717) is 19.6 Å². The molecule has 0 saturated heterocycles. The minimum absolute atomic E-state index is 0.0509. The molecule has 3 aromatic rings. The van der Waals surface area contributed by atoms with Crippen molar-refractivity contribution in [3.05, 3.63) is 53.2 Å². The molecule has 0 radical (unpaired) electrons. The Labute approximate surface area is 138 Å². The molecule has 23 heavy (non-hydrogen) atoms. The fourth-order valence-corrected chi connectivity index (χ4v) is 3.97. The van der Waals surface area contributed by atoms with Gasteiger partial charge in [0.15, 0.2) is 0 Å². The van der Waals surface area contributed by atoms with Gasteiger partial charge in [-0.3, -0.25) is 9.48 Å². The van der Waals surface area contributed by atoms with Crippen LogP contribution in [0.1, 0.15) is 16.1 Å². The Morgan fingerprint density at radius 1 is 1.30 bits per heavy atom. The monoisotopic (exact) mass is 327 g/mol. The maximum atomic E-state index is 13.1. The minimum Gasteiger partial charge on any atom is -0.378 e. The number of amides is 1. The van der Waals surface area contributed by atoms with Crippen LogP contribution in [-0.4, -0.2) is 40.3 Å². The predicted molar refractivity (Wildman–Crippen MR) is 89.6 cm³/mol. The number of hydrogen-bond donors (Lipinski definition) is 0. The highest BCUT2D eigenvalue weighted by Crippen LogP contribution is 2.27. The van der Waals surface area contributed by atoms with Gasteiger partial charge in [-0.1, -0.05) is 18.2 Å². The summed E-state index contributed by atoms with van der Waals surface area (Å²) < 4.78 is 8.59. The highest BCUT2D eigenvalue weighted by Gasteiger charge is 2.27. The van der Waals surface area contributed by atoms with Gasteiger partial charge in [0.1, 0.15) is 0 Å². The van der Waals surface area contributed by atoms with Crippen LogP contribution in [-0.2, 0) is 17.8 Å². The van der Waals surface area contributed by atoms with Crippen molar-refractivity contribution in [2.75, 3.05) is 13.7 Å². The molecule has 118 valence electrons. The smallest absolute Gasteiger partial charge is 0.255 e. The van der Waals surface area contributed by atoms with Crippen molar-refractivity contribution >= 4 is 27.3 Å². The lowest BCUT2D eigenvalue weighted by atomic mass is 10.1. The molecule has 1 aliphatic heterocycles. The standard InChI is InChI=1S/C17H17N3O2S/c1-22-13-9-19(8-12-6-7-18-20(12)10-13)17(21)15-11-23-16-5-3-2-4-14(15)16/h2-7,11,13H,8-10H2,1H3/t13-/m1/s1. The van der Waals surface area contributed by atoms with Crippen molar-refractivity contribution in [2.45, 2.75) is 19.2 Å². The van der Waals surface area contributed by atoms with Crippen molar-refractivity contribution in [3.63, 3.8) is 0 Å². The predicted octanol–water partition coefficient (Wildman–Crippen LogP) is 2.77. The van der Waals surface area contributed by atoms with Gasteiger partial charge < -0.3 is 9.64 Å². The van der Waals surface area contributed by atoms with Gasteiger partial charge >= 0.3 is 0 Å². The molecule has 4 rings (SSSR count). The number of rotatable bonds is 2. The second-order valence-electron chi connectivity index (χ2n) is 5.69. The molecule has 1 aliphatic rings. The maximum absolute atomic E-state index is 13.1. The van der Waals surface area contributed by atoms with Crippen molar-refractivity contribution in [1.29, 1.82) is 0 Å². The number of fused-ring (bicyclic) bond motifs is 2. The molecule has 0 saturated carbocycles. The zero-order chi connectivity index (χ0) is 15.8. The van der Waals surface area contributed by atoms with E-state index < -0.39 is 0 Å². The average Bonchev–Trinajstić information content (AvgIpc) is 3.16. The Bertz CT molecular complexity index is 854. The van der Waals surface area contributed by atoms with Crippen LogP contribution in [0, 0.1) is 0 Å². The Balaban J connectivity index is 1.70. The van der Waals surface area contributed by atoms with Gasteiger partial charge in [-0.2, -0.15) is 5.10 Å². The van der Waals surface area contributed by atoms with Crippen LogP contribution in [0.3, 0.4) is 0 Å². The third-order valence-corrected chi connectivity index (χ3v) is 5.25. The average molecular weight is 327 g/mol. The molecule has 0 fully saturated rings. The Kier molecular flexibility index (Phi) is 3.63. The minimum atomic E-state index is -0.0509. The molecule has 1 amide bonds. The Hall–Kier alpha value is -2.18. The Morgan fingerprint density at radius 2 is 2.17 bits per heavy atom. The van der Waals surface area contributed by atoms with Crippen molar-refractivity contribution < 1.29 is 9.53 Å². The van der Waals surface area contributed by atoms with E-state index in [4.69, 9.17) is 4.74 Å². The summed E-state index contributed by atoms with van der Waals surface area (Å²) in [5.74, 6) is 0.0548. The summed E-state index contributed by atoms with van der Waals surface area (Å²) >= 11 is 1.61. The second-order valence-corrected chi connectivity index (χ2v) is 6.60. The fourth-order valence-electron chi connectivity index (χ4n) is 3.03. The first kappa shape index (κ1) is 14.4. The Morgan fingerprint density at radius 3 is 3.04 bits per heavy atom. The number of carbonyl (C=O) groups excluding carboxylic acids is 1. The number of ether oxygens (including phenoxy) is 1. The second kappa shape index (κ2) is 5.79. The molecule has 0 spiro atoms. The van der Waals surface area contributed by atoms with E-state index in [0.717, 1.165) is 21.3 Å². The topological polar surface area (TPSA) is 47.4 Å². The van der Waals surface area contributed by atoms with Crippen molar-refractivity contribution in [1.82, 2.24) is 14.7 Å². The van der Waals surface area contributed by atoms with Gasteiger partial charge in [0, 0.05) is 35.3 Å². The van der Waals surface area contributed by atoms with Gasteiger partial charge in [-0.15, -0.1) is 11.3 Å². The fraction of sp³-hybridized carbons (Fsp3) is 0.294. The first-order chi connectivity index (χ1) is 11.3. The molecule has 5 nitrogen and oxygen atoms in total.